The number of hydrogen-bond donors (Lipinski definition) is 0. The van der Waals surface area contributed by atoms with Gasteiger partial charge in [0.2, 0.25) is 0 Å². The Bertz CT molecular complexity index is 1010. The number of aromatic nitrogens is 2. The Morgan fingerprint density at radius 1 is 1.07 bits per heavy atom. The van der Waals surface area contributed by atoms with Crippen LogP contribution in [0.4, 0.5) is 5.82 Å². The quantitative estimate of drug-likeness (QED) is 0.621. The summed E-state index contributed by atoms with van der Waals surface area (Å²) in [7, 11) is 0. The molecule has 1 saturated heterocycles. The second-order valence-corrected chi connectivity index (χ2v) is 8.54. The molecule has 0 unspecified atom stereocenters. The number of benzene rings is 1. The van der Waals surface area contributed by atoms with Crippen molar-refractivity contribution in [3.05, 3.63) is 74.3 Å². The summed E-state index contributed by atoms with van der Waals surface area (Å²) in [6, 6.07) is 11.7. The molecule has 0 atom stereocenters. The maximum absolute atomic E-state index is 12.6. The molecule has 4 rings (SSSR count). The van der Waals surface area contributed by atoms with Crippen molar-refractivity contribution < 1.29 is 4.79 Å². The van der Waals surface area contributed by atoms with E-state index in [1.807, 2.05) is 60.5 Å². The van der Waals surface area contributed by atoms with Gasteiger partial charge in [-0.25, -0.2) is 9.97 Å². The molecule has 1 fully saturated rings. The Labute approximate surface area is 180 Å². The van der Waals surface area contributed by atoms with Gasteiger partial charge in [-0.1, -0.05) is 35.9 Å². The molecule has 3 heterocycles. The van der Waals surface area contributed by atoms with E-state index >= 15 is 0 Å². The number of hydrogen-bond acceptors (Lipinski definition) is 5. The lowest BCUT2D eigenvalue weighted by Gasteiger charge is -2.36. The number of rotatable bonds is 4. The van der Waals surface area contributed by atoms with Crippen LogP contribution in [0.15, 0.2) is 41.8 Å². The van der Waals surface area contributed by atoms with Crippen molar-refractivity contribution in [3.8, 4) is 0 Å². The number of halogens is 1. The van der Waals surface area contributed by atoms with E-state index in [-0.39, 0.29) is 5.91 Å². The van der Waals surface area contributed by atoms with Gasteiger partial charge in [-0.15, -0.1) is 11.3 Å². The highest BCUT2D eigenvalue weighted by Gasteiger charge is 2.26. The molecule has 1 aliphatic heterocycles. The topological polar surface area (TPSA) is 49.3 Å². The molecule has 29 heavy (non-hydrogen) atoms. The first kappa shape index (κ1) is 19.9. The molecule has 0 saturated carbocycles. The Kier molecular flexibility index (Phi) is 5.83. The number of carbonyl (C=O) groups excluding carboxylic acids is 1. The molecule has 0 spiro atoms. The van der Waals surface area contributed by atoms with Gasteiger partial charge in [-0.3, -0.25) is 4.79 Å². The largest absolute Gasteiger partial charge is 0.353 e. The lowest BCUT2D eigenvalue weighted by atomic mass is 10.0. The van der Waals surface area contributed by atoms with Gasteiger partial charge in [0, 0.05) is 48.9 Å². The Morgan fingerprint density at radius 2 is 1.83 bits per heavy atom. The van der Waals surface area contributed by atoms with Crippen LogP contribution in [0.25, 0.3) is 0 Å². The van der Waals surface area contributed by atoms with E-state index in [0.717, 1.165) is 51.5 Å². The second kappa shape index (κ2) is 8.51. The number of aryl methyl sites for hydroxylation is 2. The van der Waals surface area contributed by atoms with Crippen LogP contribution in [0.1, 0.15) is 32.3 Å². The van der Waals surface area contributed by atoms with E-state index in [1.54, 1.807) is 0 Å². The van der Waals surface area contributed by atoms with E-state index in [2.05, 4.69) is 9.88 Å². The zero-order valence-electron chi connectivity index (χ0n) is 16.6. The fraction of sp³-hybridized carbons (Fsp3) is 0.318. The lowest BCUT2D eigenvalue weighted by Crippen LogP contribution is -2.49. The Hall–Kier alpha value is -2.44. The number of thiophene rings is 1. The average molecular weight is 427 g/mol. The van der Waals surface area contributed by atoms with Gasteiger partial charge in [0.15, 0.2) is 0 Å². The van der Waals surface area contributed by atoms with Crippen molar-refractivity contribution in [2.24, 2.45) is 0 Å². The van der Waals surface area contributed by atoms with E-state index in [9.17, 15) is 4.79 Å². The lowest BCUT2D eigenvalue weighted by molar-refractivity contribution is 0.0751. The van der Waals surface area contributed by atoms with E-state index in [1.165, 1.54) is 11.3 Å². The number of anilines is 1. The predicted octanol–water partition coefficient (Wildman–Crippen LogP) is 4.36. The van der Waals surface area contributed by atoms with E-state index < -0.39 is 0 Å². The Morgan fingerprint density at radius 3 is 2.52 bits per heavy atom. The normalized spacial score (nSPS) is 14.3. The van der Waals surface area contributed by atoms with Gasteiger partial charge >= 0.3 is 0 Å². The minimum absolute atomic E-state index is 0.117. The van der Waals surface area contributed by atoms with Gasteiger partial charge in [0.1, 0.15) is 11.6 Å². The highest BCUT2D eigenvalue weighted by molar-refractivity contribution is 7.12. The molecule has 5 nitrogen and oxygen atoms in total. The molecule has 1 aliphatic rings. The van der Waals surface area contributed by atoms with Gasteiger partial charge in [-0.2, -0.15) is 0 Å². The maximum atomic E-state index is 12.6. The van der Waals surface area contributed by atoms with Crippen LogP contribution in [0.2, 0.25) is 5.02 Å². The third kappa shape index (κ3) is 4.28. The van der Waals surface area contributed by atoms with Crippen molar-refractivity contribution in [3.63, 3.8) is 0 Å². The highest BCUT2D eigenvalue weighted by atomic mass is 35.5. The van der Waals surface area contributed by atoms with Crippen LogP contribution in [0.5, 0.6) is 0 Å². The molecule has 1 aromatic carbocycles. The van der Waals surface area contributed by atoms with Crippen LogP contribution >= 0.6 is 22.9 Å². The van der Waals surface area contributed by atoms with Crippen LogP contribution < -0.4 is 4.90 Å². The maximum Gasteiger partial charge on any atom is 0.264 e. The summed E-state index contributed by atoms with van der Waals surface area (Å²) < 4.78 is 0. The zero-order valence-corrected chi connectivity index (χ0v) is 18.1. The summed E-state index contributed by atoms with van der Waals surface area (Å²) in [5, 5.41) is 2.70. The first-order chi connectivity index (χ1) is 14.0. The number of nitrogens with zero attached hydrogens (tertiary/aromatic N) is 4. The highest BCUT2D eigenvalue weighted by Crippen LogP contribution is 2.28. The first-order valence-electron chi connectivity index (χ1n) is 9.68. The van der Waals surface area contributed by atoms with E-state index in [4.69, 9.17) is 16.6 Å². The molecule has 3 aromatic rings. The van der Waals surface area contributed by atoms with Crippen LogP contribution in [-0.4, -0.2) is 47.0 Å². The minimum atomic E-state index is 0.117. The van der Waals surface area contributed by atoms with Crippen molar-refractivity contribution in [1.82, 2.24) is 14.9 Å². The van der Waals surface area contributed by atoms with Crippen LogP contribution in [0.3, 0.4) is 0 Å². The molecule has 7 heteroatoms. The van der Waals surface area contributed by atoms with Crippen LogP contribution in [-0.2, 0) is 6.42 Å². The Balaban J connectivity index is 1.56. The van der Waals surface area contributed by atoms with Crippen molar-refractivity contribution >= 4 is 34.7 Å². The van der Waals surface area contributed by atoms with Gasteiger partial charge in [-0.05, 0) is 36.9 Å². The monoisotopic (exact) mass is 426 g/mol. The van der Waals surface area contributed by atoms with Crippen molar-refractivity contribution in [2.45, 2.75) is 20.3 Å². The molecule has 0 aliphatic carbocycles. The summed E-state index contributed by atoms with van der Waals surface area (Å²) in [5.74, 6) is 1.83. The summed E-state index contributed by atoms with van der Waals surface area (Å²) >= 11 is 7.89. The minimum Gasteiger partial charge on any atom is -0.353 e. The zero-order chi connectivity index (χ0) is 20.4. The molecule has 0 radical (unpaired) electrons. The third-order valence-electron chi connectivity index (χ3n) is 5.23. The van der Waals surface area contributed by atoms with Gasteiger partial charge in [0.25, 0.3) is 5.91 Å². The van der Waals surface area contributed by atoms with Crippen molar-refractivity contribution in [1.29, 1.82) is 0 Å². The second-order valence-electron chi connectivity index (χ2n) is 7.18. The van der Waals surface area contributed by atoms with E-state index in [0.29, 0.717) is 19.5 Å². The molecule has 1 amide bonds. The standard InChI is InChI=1S/C22H23ClN4OS/c1-15-18(14-17-6-3-4-7-19(17)23)21(25-16(2)24-15)26-9-11-27(12-10-26)22(28)20-8-5-13-29-20/h3-8,13H,9-12,14H2,1-2H3. The summed E-state index contributed by atoms with van der Waals surface area (Å²) in [5.41, 5.74) is 3.14. The molecule has 0 bridgehead atoms. The van der Waals surface area contributed by atoms with Gasteiger partial charge in [0.05, 0.1) is 4.88 Å². The fourth-order valence-corrected chi connectivity index (χ4v) is 4.59. The first-order valence-corrected chi connectivity index (χ1v) is 10.9. The predicted molar refractivity (Wildman–Crippen MR) is 118 cm³/mol. The molecule has 0 N–H and O–H groups in total. The third-order valence-corrected chi connectivity index (χ3v) is 6.45. The number of carbonyl (C=O) groups is 1. The fourth-order valence-electron chi connectivity index (χ4n) is 3.70. The summed E-state index contributed by atoms with van der Waals surface area (Å²) in [6.45, 7) is 6.83. The summed E-state index contributed by atoms with van der Waals surface area (Å²) in [4.78, 5) is 27.0. The summed E-state index contributed by atoms with van der Waals surface area (Å²) in [6.07, 6.45) is 0.690. The molecule has 150 valence electrons. The SMILES string of the molecule is Cc1nc(C)c(Cc2ccccc2Cl)c(N2CCN(C(=O)c3cccs3)CC2)n1. The number of piperazine rings is 1. The van der Waals surface area contributed by atoms with Gasteiger partial charge < -0.3 is 9.80 Å². The molecular weight excluding hydrogens is 404 g/mol. The number of amides is 1. The average Bonchev–Trinajstić information content (AvgIpc) is 3.26. The van der Waals surface area contributed by atoms with Crippen LogP contribution in [0, 0.1) is 13.8 Å². The molecular formula is C22H23ClN4OS. The smallest absolute Gasteiger partial charge is 0.264 e. The molecule has 2 aromatic heterocycles. The van der Waals surface area contributed by atoms with Crippen molar-refractivity contribution in [2.75, 3.05) is 31.1 Å².